The number of unbranched alkanes of at least 4 members (excludes halogenated alkanes) is 2. The molecule has 0 amide bonds. The molecule has 0 saturated heterocycles. The van der Waals surface area contributed by atoms with Crippen molar-refractivity contribution in [3.05, 3.63) is 12.2 Å². The fourth-order valence-electron chi connectivity index (χ4n) is 0.696. The number of rotatable bonds is 4. The molecule has 4 heteroatoms. The van der Waals surface area contributed by atoms with Crippen LogP contribution < -0.4 is 0 Å². The summed E-state index contributed by atoms with van der Waals surface area (Å²) in [4.78, 5) is 0. The highest BCUT2D eigenvalue weighted by Crippen LogP contribution is 2.01. The predicted octanol–water partition coefficient (Wildman–Crippen LogP) is 0.942. The number of nitrogens with zero attached hydrogens (tertiary/aromatic N) is 3. The summed E-state index contributed by atoms with van der Waals surface area (Å²) < 4.78 is 0. The molecule has 55 valence electrons. The van der Waals surface area contributed by atoms with Crippen LogP contribution in [0.2, 0.25) is 0 Å². The fourth-order valence-corrected chi connectivity index (χ4v) is 0.696. The van der Waals surface area contributed by atoms with Crippen molar-refractivity contribution in [2.24, 2.45) is 0 Å². The average Bonchev–Trinajstić information content (AvgIpc) is 2.41. The molecule has 0 aliphatic rings. The summed E-state index contributed by atoms with van der Waals surface area (Å²) in [7, 11) is 0. The van der Waals surface area contributed by atoms with Crippen LogP contribution >= 0.6 is 0 Å². The van der Waals surface area contributed by atoms with Gasteiger partial charge in [0.05, 0.1) is 0 Å². The normalized spacial score (nSPS) is 10.1. The van der Waals surface area contributed by atoms with Crippen LogP contribution in [0.3, 0.4) is 0 Å². The summed E-state index contributed by atoms with van der Waals surface area (Å²) in [5.74, 6) is 0.772. The molecule has 0 aliphatic heterocycles. The van der Waals surface area contributed by atoms with Crippen molar-refractivity contribution in [1.29, 1.82) is 0 Å². The van der Waals surface area contributed by atoms with Gasteiger partial charge in [-0.25, -0.2) is 5.10 Å². The van der Waals surface area contributed by atoms with Gasteiger partial charge < -0.3 is 0 Å². The monoisotopic (exact) mass is 139 g/mol. The summed E-state index contributed by atoms with van der Waals surface area (Å²) in [6, 6.07) is 0. The highest BCUT2D eigenvalue weighted by molar-refractivity contribution is 4.93. The van der Waals surface area contributed by atoms with Crippen molar-refractivity contribution < 1.29 is 0 Å². The Morgan fingerprint density at radius 1 is 1.60 bits per heavy atom. The maximum absolute atomic E-state index is 3.72. The lowest BCUT2D eigenvalue weighted by molar-refractivity contribution is 0.779. The molecule has 10 heavy (non-hydrogen) atoms. The lowest BCUT2D eigenvalue weighted by Gasteiger charge is -1.90. The van der Waals surface area contributed by atoms with Crippen LogP contribution in [-0.2, 0) is 0 Å². The minimum absolute atomic E-state index is 0.772. The SMILES string of the molecule is CCCC[CH]c1nnn[nH]1. The molecule has 0 bridgehead atoms. The summed E-state index contributed by atoms with van der Waals surface area (Å²) >= 11 is 0. The first-order valence-corrected chi connectivity index (χ1v) is 3.50. The van der Waals surface area contributed by atoms with Crippen molar-refractivity contribution >= 4 is 0 Å². The van der Waals surface area contributed by atoms with Gasteiger partial charge in [-0.15, -0.1) is 5.10 Å². The first-order valence-electron chi connectivity index (χ1n) is 3.50. The van der Waals surface area contributed by atoms with E-state index in [2.05, 4.69) is 27.5 Å². The molecule has 0 unspecified atom stereocenters. The van der Waals surface area contributed by atoms with Crippen LogP contribution in [0.4, 0.5) is 0 Å². The number of aromatic nitrogens is 4. The van der Waals surface area contributed by atoms with E-state index in [4.69, 9.17) is 0 Å². The Morgan fingerprint density at radius 2 is 2.50 bits per heavy atom. The van der Waals surface area contributed by atoms with Crippen LogP contribution in [0.1, 0.15) is 32.0 Å². The van der Waals surface area contributed by atoms with Gasteiger partial charge in [0.15, 0.2) is 5.82 Å². The zero-order chi connectivity index (χ0) is 7.23. The number of aromatic amines is 1. The Labute approximate surface area is 60.0 Å². The molecule has 0 saturated carbocycles. The second kappa shape index (κ2) is 3.98. The first-order chi connectivity index (χ1) is 4.93. The van der Waals surface area contributed by atoms with Gasteiger partial charge in [0, 0.05) is 6.42 Å². The quantitative estimate of drug-likeness (QED) is 0.631. The third-order valence-corrected chi connectivity index (χ3v) is 1.26. The Morgan fingerprint density at radius 3 is 3.10 bits per heavy atom. The molecule has 1 rings (SSSR count). The van der Waals surface area contributed by atoms with Crippen LogP contribution in [0.5, 0.6) is 0 Å². The van der Waals surface area contributed by atoms with Crippen molar-refractivity contribution in [1.82, 2.24) is 20.6 Å². The van der Waals surface area contributed by atoms with E-state index < -0.39 is 0 Å². The van der Waals surface area contributed by atoms with E-state index in [0.717, 1.165) is 12.2 Å². The molecule has 1 aromatic rings. The second-order valence-corrected chi connectivity index (χ2v) is 2.13. The number of hydrogen-bond donors (Lipinski definition) is 1. The van der Waals surface area contributed by atoms with Gasteiger partial charge >= 0.3 is 0 Å². The van der Waals surface area contributed by atoms with Crippen molar-refractivity contribution in [2.75, 3.05) is 0 Å². The third kappa shape index (κ3) is 2.13. The third-order valence-electron chi connectivity index (χ3n) is 1.26. The molecule has 0 aliphatic carbocycles. The standard InChI is InChI=1S/C6H11N4/c1-2-3-4-5-6-7-9-10-8-6/h5H,2-4H2,1H3,(H,7,8,9,10). The summed E-state index contributed by atoms with van der Waals surface area (Å²) in [5, 5.41) is 13.3. The molecule has 1 heterocycles. The molecule has 0 spiro atoms. The van der Waals surface area contributed by atoms with Gasteiger partial charge in [-0.3, -0.25) is 0 Å². The van der Waals surface area contributed by atoms with Gasteiger partial charge in [-0.05, 0) is 16.8 Å². The van der Waals surface area contributed by atoms with Crippen LogP contribution in [0.25, 0.3) is 0 Å². The van der Waals surface area contributed by atoms with E-state index in [9.17, 15) is 0 Å². The van der Waals surface area contributed by atoms with Crippen LogP contribution in [-0.4, -0.2) is 20.6 Å². The molecular formula is C6H11N4. The molecule has 0 atom stereocenters. The molecule has 1 radical (unpaired) electrons. The van der Waals surface area contributed by atoms with E-state index in [1.54, 1.807) is 0 Å². The zero-order valence-electron chi connectivity index (χ0n) is 6.04. The second-order valence-electron chi connectivity index (χ2n) is 2.13. The van der Waals surface area contributed by atoms with E-state index >= 15 is 0 Å². The van der Waals surface area contributed by atoms with E-state index in [-0.39, 0.29) is 0 Å². The van der Waals surface area contributed by atoms with Gasteiger partial charge in [0.2, 0.25) is 0 Å². The Bertz CT molecular complexity index is 158. The molecule has 4 nitrogen and oxygen atoms in total. The number of H-pyrrole nitrogens is 1. The Hall–Kier alpha value is -0.930. The molecular weight excluding hydrogens is 128 g/mol. The Kier molecular flexibility index (Phi) is 2.86. The van der Waals surface area contributed by atoms with Crippen molar-refractivity contribution in [2.45, 2.75) is 26.2 Å². The summed E-state index contributed by atoms with van der Waals surface area (Å²) in [6.45, 7) is 2.16. The summed E-state index contributed by atoms with van der Waals surface area (Å²) in [6.07, 6.45) is 5.45. The molecule has 0 fully saturated rings. The lowest BCUT2D eigenvalue weighted by Crippen LogP contribution is -1.84. The van der Waals surface area contributed by atoms with Crippen molar-refractivity contribution in [3.8, 4) is 0 Å². The average molecular weight is 139 g/mol. The maximum Gasteiger partial charge on any atom is 0.152 e. The minimum atomic E-state index is 0.772. The topological polar surface area (TPSA) is 54.5 Å². The van der Waals surface area contributed by atoms with Gasteiger partial charge in [-0.2, -0.15) is 0 Å². The highest BCUT2D eigenvalue weighted by atomic mass is 15.5. The number of hydrogen-bond acceptors (Lipinski definition) is 3. The van der Waals surface area contributed by atoms with Crippen molar-refractivity contribution in [3.63, 3.8) is 0 Å². The molecule has 0 aromatic carbocycles. The van der Waals surface area contributed by atoms with Gasteiger partial charge in [0.1, 0.15) is 0 Å². The van der Waals surface area contributed by atoms with Crippen LogP contribution in [0.15, 0.2) is 0 Å². The van der Waals surface area contributed by atoms with Gasteiger partial charge in [-0.1, -0.05) is 19.8 Å². The fraction of sp³-hybridized carbons (Fsp3) is 0.667. The van der Waals surface area contributed by atoms with E-state index in [1.807, 2.05) is 6.42 Å². The first kappa shape index (κ1) is 7.18. The Balaban J connectivity index is 2.15. The molecule has 1 aromatic heterocycles. The van der Waals surface area contributed by atoms with Crippen LogP contribution in [0, 0.1) is 6.42 Å². The number of nitrogens with one attached hydrogen (secondary N) is 1. The zero-order valence-corrected chi connectivity index (χ0v) is 6.04. The van der Waals surface area contributed by atoms with E-state index in [1.165, 1.54) is 12.8 Å². The smallest absolute Gasteiger partial charge is 0.152 e. The maximum atomic E-state index is 3.72. The minimum Gasteiger partial charge on any atom is -0.243 e. The predicted molar refractivity (Wildman–Crippen MR) is 37.1 cm³/mol. The summed E-state index contributed by atoms with van der Waals surface area (Å²) in [5.41, 5.74) is 0. The van der Waals surface area contributed by atoms with E-state index in [0.29, 0.717) is 0 Å². The largest absolute Gasteiger partial charge is 0.243 e. The lowest BCUT2D eigenvalue weighted by atomic mass is 10.2. The van der Waals surface area contributed by atoms with Gasteiger partial charge in [0.25, 0.3) is 0 Å². The molecule has 1 N–H and O–H groups in total. The number of tetrazole rings is 1. The highest BCUT2D eigenvalue weighted by Gasteiger charge is 1.94.